The molecule has 1 aromatic carbocycles. The van der Waals surface area contributed by atoms with Crippen LogP contribution in [0.2, 0.25) is 0 Å². The minimum atomic E-state index is -0.679. The number of halogens is 1. The number of nitrogens with zero attached hydrogens (tertiary/aromatic N) is 1. The number of benzene rings is 1. The zero-order chi connectivity index (χ0) is 13.0. The van der Waals surface area contributed by atoms with Crippen LogP contribution in [0, 0.1) is 20.8 Å². The first kappa shape index (κ1) is 13.5. The number of alkyl halides is 1. The summed E-state index contributed by atoms with van der Waals surface area (Å²) in [5, 5.41) is 3.78. The van der Waals surface area contributed by atoms with E-state index in [4.69, 9.17) is 17.3 Å². The van der Waals surface area contributed by atoms with Crippen LogP contribution in [0.15, 0.2) is 11.2 Å². The molecular formula is C12H16ClN3O. The van der Waals surface area contributed by atoms with Crippen molar-refractivity contribution in [1.82, 2.24) is 5.43 Å². The Hall–Kier alpha value is -1.55. The molecule has 0 bridgehead atoms. The number of primary amides is 1. The lowest BCUT2D eigenvalue weighted by Crippen LogP contribution is -2.24. The molecule has 0 heterocycles. The van der Waals surface area contributed by atoms with E-state index >= 15 is 0 Å². The first-order valence-electron chi connectivity index (χ1n) is 5.21. The lowest BCUT2D eigenvalue weighted by molar-refractivity contribution is 0.249. The first-order chi connectivity index (χ1) is 7.97. The van der Waals surface area contributed by atoms with E-state index in [-0.39, 0.29) is 0 Å². The van der Waals surface area contributed by atoms with Crippen LogP contribution < -0.4 is 11.2 Å². The highest BCUT2D eigenvalue weighted by atomic mass is 35.5. The first-order valence-corrected chi connectivity index (χ1v) is 5.75. The largest absolute Gasteiger partial charge is 0.350 e. The number of urea groups is 1. The van der Waals surface area contributed by atoms with Crippen molar-refractivity contribution in [3.05, 3.63) is 33.9 Å². The van der Waals surface area contributed by atoms with Gasteiger partial charge in [0.1, 0.15) is 0 Å². The Balaban J connectivity index is 3.15. The highest BCUT2D eigenvalue weighted by molar-refractivity contribution is 6.17. The van der Waals surface area contributed by atoms with E-state index < -0.39 is 6.03 Å². The second-order valence-corrected chi connectivity index (χ2v) is 4.16. The van der Waals surface area contributed by atoms with Gasteiger partial charge < -0.3 is 5.73 Å². The van der Waals surface area contributed by atoms with Gasteiger partial charge in [-0.1, -0.05) is 6.07 Å². The zero-order valence-electron chi connectivity index (χ0n) is 10.2. The lowest BCUT2D eigenvalue weighted by Gasteiger charge is -2.12. The zero-order valence-corrected chi connectivity index (χ0v) is 10.9. The minimum Gasteiger partial charge on any atom is -0.350 e. The Morgan fingerprint density at radius 2 is 2.12 bits per heavy atom. The van der Waals surface area contributed by atoms with E-state index in [0.29, 0.717) is 5.88 Å². The van der Waals surface area contributed by atoms with Gasteiger partial charge in [-0.05, 0) is 43.0 Å². The average molecular weight is 254 g/mol. The van der Waals surface area contributed by atoms with E-state index in [1.54, 1.807) is 6.21 Å². The molecule has 0 saturated heterocycles. The number of amides is 2. The number of hydrogen-bond acceptors (Lipinski definition) is 2. The summed E-state index contributed by atoms with van der Waals surface area (Å²) in [5.41, 5.74) is 12.5. The predicted octanol–water partition coefficient (Wildman–Crippen LogP) is 2.35. The van der Waals surface area contributed by atoms with Gasteiger partial charge in [-0.3, -0.25) is 0 Å². The normalized spacial score (nSPS) is 10.8. The SMILES string of the molecule is Cc1cc(C)c(CCl)c(C)c1C=NNC(N)=O. The van der Waals surface area contributed by atoms with Gasteiger partial charge in [-0.15, -0.1) is 11.6 Å². The van der Waals surface area contributed by atoms with E-state index in [2.05, 4.69) is 16.6 Å². The lowest BCUT2D eigenvalue weighted by atomic mass is 9.95. The van der Waals surface area contributed by atoms with Gasteiger partial charge in [-0.2, -0.15) is 5.10 Å². The third kappa shape index (κ3) is 3.20. The van der Waals surface area contributed by atoms with Crippen molar-refractivity contribution in [2.45, 2.75) is 26.7 Å². The van der Waals surface area contributed by atoms with Crippen molar-refractivity contribution in [2.24, 2.45) is 10.8 Å². The Labute approximate surface area is 106 Å². The molecule has 0 atom stereocenters. The Morgan fingerprint density at radius 3 is 2.65 bits per heavy atom. The Kier molecular flexibility index (Phi) is 4.52. The molecule has 92 valence electrons. The smallest absolute Gasteiger partial charge is 0.332 e. The minimum absolute atomic E-state index is 0.460. The van der Waals surface area contributed by atoms with Gasteiger partial charge in [0.05, 0.1) is 6.21 Å². The van der Waals surface area contributed by atoms with Crippen LogP contribution in [-0.2, 0) is 5.88 Å². The maximum atomic E-state index is 10.5. The summed E-state index contributed by atoms with van der Waals surface area (Å²) < 4.78 is 0. The molecule has 0 aromatic heterocycles. The van der Waals surface area contributed by atoms with Crippen LogP contribution in [0.3, 0.4) is 0 Å². The maximum absolute atomic E-state index is 10.5. The molecule has 2 amide bonds. The molecule has 5 heteroatoms. The third-order valence-corrected chi connectivity index (χ3v) is 2.96. The molecule has 0 aliphatic heterocycles. The number of nitrogens with two attached hydrogens (primary N) is 1. The van der Waals surface area contributed by atoms with Crippen molar-refractivity contribution in [3.63, 3.8) is 0 Å². The Bertz CT molecular complexity index is 469. The average Bonchev–Trinajstić information content (AvgIpc) is 2.22. The molecule has 3 N–H and O–H groups in total. The third-order valence-electron chi connectivity index (χ3n) is 2.69. The number of aryl methyl sites for hydroxylation is 2. The molecular weight excluding hydrogens is 238 g/mol. The molecule has 0 fully saturated rings. The highest BCUT2D eigenvalue weighted by Gasteiger charge is 2.08. The van der Waals surface area contributed by atoms with Crippen molar-refractivity contribution < 1.29 is 4.79 Å². The number of nitrogens with one attached hydrogen (secondary N) is 1. The number of hydrazone groups is 1. The van der Waals surface area contributed by atoms with Gasteiger partial charge >= 0.3 is 6.03 Å². The number of rotatable bonds is 3. The topological polar surface area (TPSA) is 67.5 Å². The molecule has 17 heavy (non-hydrogen) atoms. The van der Waals surface area contributed by atoms with Crippen LogP contribution in [-0.4, -0.2) is 12.2 Å². The van der Waals surface area contributed by atoms with Gasteiger partial charge in [-0.25, -0.2) is 10.2 Å². The highest BCUT2D eigenvalue weighted by Crippen LogP contribution is 2.22. The molecule has 0 radical (unpaired) electrons. The van der Waals surface area contributed by atoms with E-state index in [9.17, 15) is 4.79 Å². The second-order valence-electron chi connectivity index (χ2n) is 3.90. The molecule has 1 aromatic rings. The van der Waals surface area contributed by atoms with Crippen molar-refractivity contribution in [3.8, 4) is 0 Å². The van der Waals surface area contributed by atoms with Gasteiger partial charge in [0.2, 0.25) is 0 Å². The summed E-state index contributed by atoms with van der Waals surface area (Å²) >= 11 is 5.91. The van der Waals surface area contributed by atoms with Crippen LogP contribution in [0.4, 0.5) is 4.79 Å². The monoisotopic (exact) mass is 253 g/mol. The van der Waals surface area contributed by atoms with Gasteiger partial charge in [0, 0.05) is 11.4 Å². The molecule has 0 saturated carbocycles. The van der Waals surface area contributed by atoms with Crippen molar-refractivity contribution in [2.75, 3.05) is 0 Å². The molecule has 1 rings (SSSR count). The molecule has 4 nitrogen and oxygen atoms in total. The Morgan fingerprint density at radius 1 is 1.47 bits per heavy atom. The summed E-state index contributed by atoms with van der Waals surface area (Å²) in [6.45, 7) is 6.01. The number of carbonyl (C=O) groups is 1. The van der Waals surface area contributed by atoms with E-state index in [0.717, 1.165) is 27.8 Å². The predicted molar refractivity (Wildman–Crippen MR) is 70.5 cm³/mol. The summed E-state index contributed by atoms with van der Waals surface area (Å²) in [4.78, 5) is 10.5. The van der Waals surface area contributed by atoms with Gasteiger partial charge in [0.15, 0.2) is 0 Å². The summed E-state index contributed by atoms with van der Waals surface area (Å²) in [6, 6.07) is 1.37. The van der Waals surface area contributed by atoms with Crippen molar-refractivity contribution >= 4 is 23.8 Å². The molecule has 0 aliphatic carbocycles. The van der Waals surface area contributed by atoms with Crippen LogP contribution >= 0.6 is 11.6 Å². The van der Waals surface area contributed by atoms with E-state index in [1.807, 2.05) is 20.8 Å². The molecule has 0 unspecified atom stereocenters. The summed E-state index contributed by atoms with van der Waals surface area (Å²) in [5.74, 6) is 0.460. The van der Waals surface area contributed by atoms with Crippen LogP contribution in [0.5, 0.6) is 0 Å². The standard InChI is InChI=1S/C12H16ClN3O/c1-7-4-8(2)11(6-15-16-12(14)17)9(3)10(7)5-13/h4,6H,5H2,1-3H3,(H3,14,16,17). The van der Waals surface area contributed by atoms with Gasteiger partial charge in [0.25, 0.3) is 0 Å². The number of carbonyl (C=O) groups excluding carboxylic acids is 1. The quantitative estimate of drug-likeness (QED) is 0.485. The van der Waals surface area contributed by atoms with Crippen LogP contribution in [0.25, 0.3) is 0 Å². The van der Waals surface area contributed by atoms with Crippen LogP contribution in [0.1, 0.15) is 27.8 Å². The fourth-order valence-electron chi connectivity index (χ4n) is 1.81. The summed E-state index contributed by atoms with van der Waals surface area (Å²) in [7, 11) is 0. The second kappa shape index (κ2) is 5.68. The fourth-order valence-corrected chi connectivity index (χ4v) is 2.22. The number of hydrogen-bond donors (Lipinski definition) is 2. The van der Waals surface area contributed by atoms with E-state index in [1.165, 1.54) is 0 Å². The van der Waals surface area contributed by atoms with Crippen molar-refractivity contribution in [1.29, 1.82) is 0 Å². The molecule has 0 aliphatic rings. The molecule has 0 spiro atoms. The fraction of sp³-hybridized carbons (Fsp3) is 0.333. The maximum Gasteiger partial charge on any atom is 0.332 e. The summed E-state index contributed by atoms with van der Waals surface area (Å²) in [6.07, 6.45) is 1.59.